The summed E-state index contributed by atoms with van der Waals surface area (Å²) in [4.78, 5) is 28.5. The zero-order valence-electron chi connectivity index (χ0n) is 22.4. The fourth-order valence-electron chi connectivity index (χ4n) is 3.94. The van der Waals surface area contributed by atoms with E-state index in [1.54, 1.807) is 68.4 Å². The Morgan fingerprint density at radius 2 is 1.59 bits per heavy atom. The van der Waals surface area contributed by atoms with Crippen LogP contribution in [0.15, 0.2) is 77.7 Å². The van der Waals surface area contributed by atoms with Crippen molar-refractivity contribution in [2.75, 3.05) is 10.8 Å². The van der Waals surface area contributed by atoms with Crippen molar-refractivity contribution in [3.05, 3.63) is 94.0 Å². The van der Waals surface area contributed by atoms with Crippen molar-refractivity contribution in [2.24, 2.45) is 0 Å². The van der Waals surface area contributed by atoms with E-state index in [2.05, 4.69) is 5.32 Å². The van der Waals surface area contributed by atoms with Gasteiger partial charge < -0.3 is 10.2 Å². The fourth-order valence-corrected chi connectivity index (χ4v) is 5.80. The lowest BCUT2D eigenvalue weighted by Gasteiger charge is -2.33. The number of amides is 2. The van der Waals surface area contributed by atoms with Gasteiger partial charge in [-0.15, -0.1) is 0 Å². The monoisotopic (exact) mass is 589 g/mol. The molecule has 1 N–H and O–H groups in total. The van der Waals surface area contributed by atoms with E-state index in [0.29, 0.717) is 27.6 Å². The van der Waals surface area contributed by atoms with Crippen molar-refractivity contribution in [2.45, 2.75) is 57.6 Å². The van der Waals surface area contributed by atoms with Gasteiger partial charge in [0.15, 0.2) is 0 Å². The molecule has 2 amide bonds. The maximum Gasteiger partial charge on any atom is 0.264 e. The molecule has 208 valence electrons. The summed E-state index contributed by atoms with van der Waals surface area (Å²) in [5.74, 6) is -0.915. The summed E-state index contributed by atoms with van der Waals surface area (Å²) in [6, 6.07) is 18.8. The summed E-state index contributed by atoms with van der Waals surface area (Å²) in [7, 11) is -4.17. The first-order valence-electron chi connectivity index (χ1n) is 12.6. The maximum absolute atomic E-state index is 14.0. The Kier molecular flexibility index (Phi) is 10.4. The van der Waals surface area contributed by atoms with Gasteiger partial charge in [0.2, 0.25) is 11.8 Å². The van der Waals surface area contributed by atoms with Crippen molar-refractivity contribution in [3.63, 3.8) is 0 Å². The number of halogens is 2. The van der Waals surface area contributed by atoms with E-state index in [9.17, 15) is 18.0 Å². The third kappa shape index (κ3) is 7.53. The summed E-state index contributed by atoms with van der Waals surface area (Å²) in [5, 5.41) is 3.67. The number of nitrogens with zero attached hydrogens (tertiary/aromatic N) is 2. The number of carbonyl (C=O) groups excluding carboxylic acids is 2. The molecule has 0 aliphatic carbocycles. The van der Waals surface area contributed by atoms with Crippen molar-refractivity contribution >= 4 is 50.7 Å². The summed E-state index contributed by atoms with van der Waals surface area (Å²) in [6.07, 6.45) is 0.716. The maximum atomic E-state index is 14.0. The predicted octanol–water partition coefficient (Wildman–Crippen LogP) is 5.83. The van der Waals surface area contributed by atoms with Crippen molar-refractivity contribution < 1.29 is 18.0 Å². The minimum Gasteiger partial charge on any atom is -0.352 e. The van der Waals surface area contributed by atoms with Gasteiger partial charge in [0.05, 0.1) is 10.6 Å². The average Bonchev–Trinajstić information content (AvgIpc) is 2.92. The summed E-state index contributed by atoms with van der Waals surface area (Å²) in [5.41, 5.74) is 1.52. The summed E-state index contributed by atoms with van der Waals surface area (Å²) in [6.45, 7) is 6.65. The molecule has 0 bridgehead atoms. The highest BCUT2D eigenvalue weighted by Gasteiger charge is 2.33. The van der Waals surface area contributed by atoms with Gasteiger partial charge in [0.1, 0.15) is 12.6 Å². The van der Waals surface area contributed by atoms with Crippen LogP contribution in [-0.2, 0) is 26.2 Å². The van der Waals surface area contributed by atoms with Crippen LogP contribution in [0, 0.1) is 6.92 Å². The molecule has 0 unspecified atom stereocenters. The molecule has 0 spiro atoms. The Morgan fingerprint density at radius 3 is 2.23 bits per heavy atom. The quantitative estimate of drug-likeness (QED) is 0.305. The third-order valence-electron chi connectivity index (χ3n) is 6.52. The number of hydrogen-bond donors (Lipinski definition) is 1. The third-order valence-corrected chi connectivity index (χ3v) is 8.89. The van der Waals surface area contributed by atoms with Crippen LogP contribution in [0.3, 0.4) is 0 Å². The second-order valence-electron chi connectivity index (χ2n) is 9.36. The molecule has 3 aromatic rings. The van der Waals surface area contributed by atoms with Gasteiger partial charge in [0.25, 0.3) is 10.0 Å². The van der Waals surface area contributed by atoms with Gasteiger partial charge in [-0.05, 0) is 68.7 Å². The summed E-state index contributed by atoms with van der Waals surface area (Å²) < 4.78 is 28.8. The lowest BCUT2D eigenvalue weighted by molar-refractivity contribution is -0.139. The molecule has 10 heteroatoms. The highest BCUT2D eigenvalue weighted by Crippen LogP contribution is 2.30. The van der Waals surface area contributed by atoms with Crippen LogP contribution in [0.2, 0.25) is 10.0 Å². The highest BCUT2D eigenvalue weighted by atomic mass is 35.5. The number of benzene rings is 3. The first-order chi connectivity index (χ1) is 18.4. The molecule has 0 aromatic heterocycles. The van der Waals surface area contributed by atoms with E-state index in [-0.39, 0.29) is 29.1 Å². The van der Waals surface area contributed by atoms with Crippen molar-refractivity contribution in [1.29, 1.82) is 0 Å². The summed E-state index contributed by atoms with van der Waals surface area (Å²) >= 11 is 12.6. The largest absolute Gasteiger partial charge is 0.352 e. The molecule has 0 fully saturated rings. The van der Waals surface area contributed by atoms with Crippen molar-refractivity contribution in [1.82, 2.24) is 10.2 Å². The van der Waals surface area contributed by atoms with Gasteiger partial charge >= 0.3 is 0 Å². The molecule has 0 heterocycles. The molecule has 0 aliphatic rings. The minimum atomic E-state index is -4.17. The van der Waals surface area contributed by atoms with E-state index in [1.165, 1.54) is 23.1 Å². The molecule has 2 atom stereocenters. The predicted molar refractivity (Wildman–Crippen MR) is 157 cm³/mol. The molecule has 7 nitrogen and oxygen atoms in total. The molecule has 0 saturated heterocycles. The molecular formula is C29H33Cl2N3O4S. The number of hydrogen-bond acceptors (Lipinski definition) is 4. The van der Waals surface area contributed by atoms with E-state index in [4.69, 9.17) is 23.2 Å². The van der Waals surface area contributed by atoms with E-state index in [1.807, 2.05) is 13.8 Å². The number of sulfonamides is 1. The number of aryl methyl sites for hydroxylation is 1. The highest BCUT2D eigenvalue weighted by molar-refractivity contribution is 7.92. The molecule has 39 heavy (non-hydrogen) atoms. The van der Waals surface area contributed by atoms with Crippen molar-refractivity contribution in [3.8, 4) is 0 Å². The molecule has 0 saturated carbocycles. The first-order valence-corrected chi connectivity index (χ1v) is 14.8. The normalized spacial score (nSPS) is 12.9. The Labute approximate surface area is 240 Å². The lowest BCUT2D eigenvalue weighted by Crippen LogP contribution is -2.52. The number of nitrogens with one attached hydrogen (secondary N) is 1. The Bertz CT molecular complexity index is 1420. The lowest BCUT2D eigenvalue weighted by atomic mass is 10.1. The molecule has 0 aliphatic heterocycles. The Balaban J connectivity index is 2.07. The van der Waals surface area contributed by atoms with Gasteiger partial charge in [0, 0.05) is 22.6 Å². The second kappa shape index (κ2) is 13.3. The Hall–Kier alpha value is -3.07. The van der Waals surface area contributed by atoms with Crippen LogP contribution in [0.4, 0.5) is 5.69 Å². The van der Waals surface area contributed by atoms with Crippen LogP contribution < -0.4 is 9.62 Å². The average molecular weight is 591 g/mol. The van der Waals surface area contributed by atoms with E-state index in [0.717, 1.165) is 4.31 Å². The Morgan fingerprint density at radius 1 is 0.949 bits per heavy atom. The van der Waals surface area contributed by atoms with Crippen LogP contribution in [0.5, 0.6) is 0 Å². The minimum absolute atomic E-state index is 0.0152. The fraction of sp³-hybridized carbons (Fsp3) is 0.310. The SMILES string of the molecule is CC[C@H](C)NC(=O)[C@@H](C)N(Cc1ccccc1Cl)C(=O)CN(c1cc(Cl)ccc1C)S(=O)(=O)c1ccccc1. The number of anilines is 1. The van der Waals surface area contributed by atoms with E-state index >= 15 is 0 Å². The van der Waals surface area contributed by atoms with Crippen LogP contribution in [0.25, 0.3) is 0 Å². The molecule has 3 rings (SSSR count). The standard InChI is InChI=1S/C29H33Cl2N3O4S/c1-5-21(3)32-29(36)22(4)33(18-23-11-9-10-14-26(23)31)28(35)19-34(27-17-24(30)16-15-20(27)2)39(37,38)25-12-7-6-8-13-25/h6-17,21-22H,5,18-19H2,1-4H3,(H,32,36)/t21-,22+/m0/s1. The van der Waals surface area contributed by atoms with Gasteiger partial charge in [-0.3, -0.25) is 13.9 Å². The number of carbonyl (C=O) groups is 2. The smallest absolute Gasteiger partial charge is 0.264 e. The van der Waals surface area contributed by atoms with Gasteiger partial charge in [-0.1, -0.05) is 72.6 Å². The van der Waals surface area contributed by atoms with Crippen LogP contribution in [-0.4, -0.2) is 43.8 Å². The van der Waals surface area contributed by atoms with Gasteiger partial charge in [-0.25, -0.2) is 8.42 Å². The van der Waals surface area contributed by atoms with Crippen LogP contribution in [0.1, 0.15) is 38.3 Å². The number of rotatable bonds is 11. The molecule has 3 aromatic carbocycles. The van der Waals surface area contributed by atoms with Gasteiger partial charge in [-0.2, -0.15) is 0 Å². The zero-order valence-corrected chi connectivity index (χ0v) is 24.7. The van der Waals surface area contributed by atoms with E-state index < -0.39 is 28.5 Å². The van der Waals surface area contributed by atoms with Crippen LogP contribution >= 0.6 is 23.2 Å². The first kappa shape index (κ1) is 30.5. The molecular weight excluding hydrogens is 557 g/mol. The zero-order chi connectivity index (χ0) is 28.7. The molecule has 0 radical (unpaired) electrons. The topological polar surface area (TPSA) is 86.8 Å². The second-order valence-corrected chi connectivity index (χ2v) is 12.1.